The summed E-state index contributed by atoms with van der Waals surface area (Å²) >= 11 is 0. The molecular formula is C16H15N3O2. The third-order valence-corrected chi connectivity index (χ3v) is 3.21. The molecule has 0 aliphatic carbocycles. The minimum Gasteiger partial charge on any atom is -0.505 e. The van der Waals surface area contributed by atoms with Crippen molar-refractivity contribution >= 4 is 5.69 Å². The first-order valence-corrected chi connectivity index (χ1v) is 6.59. The van der Waals surface area contributed by atoms with Crippen molar-refractivity contribution in [2.24, 2.45) is 0 Å². The zero-order valence-electron chi connectivity index (χ0n) is 11.6. The number of hydrogen-bond donors (Lipinski definition) is 2. The Labute approximate surface area is 122 Å². The van der Waals surface area contributed by atoms with E-state index in [1.54, 1.807) is 18.2 Å². The summed E-state index contributed by atoms with van der Waals surface area (Å²) in [4.78, 5) is 4.31. The molecule has 0 aliphatic heterocycles. The van der Waals surface area contributed by atoms with Gasteiger partial charge >= 0.3 is 0 Å². The second kappa shape index (κ2) is 5.28. The molecular weight excluding hydrogens is 266 g/mol. The van der Waals surface area contributed by atoms with Crippen LogP contribution in [-0.4, -0.2) is 15.2 Å². The molecule has 0 atom stereocenters. The quantitative estimate of drug-likeness (QED) is 0.569. The van der Waals surface area contributed by atoms with Gasteiger partial charge in [0.05, 0.1) is 11.3 Å². The predicted octanol–water partition coefficient (Wildman–Crippen LogP) is 2.92. The number of hydrogen-bond acceptors (Lipinski definition) is 5. The van der Waals surface area contributed by atoms with Gasteiger partial charge in [0.25, 0.3) is 5.89 Å². The summed E-state index contributed by atoms with van der Waals surface area (Å²) in [6.45, 7) is 2.04. The number of aryl methyl sites for hydroxylation is 1. The Kier molecular flexibility index (Phi) is 3.31. The normalized spacial score (nSPS) is 10.7. The van der Waals surface area contributed by atoms with Crippen LogP contribution in [0.5, 0.6) is 5.75 Å². The van der Waals surface area contributed by atoms with Crippen molar-refractivity contribution in [3.63, 3.8) is 0 Å². The molecule has 21 heavy (non-hydrogen) atoms. The largest absolute Gasteiger partial charge is 0.505 e. The number of benzene rings is 2. The lowest BCUT2D eigenvalue weighted by Crippen LogP contribution is -1.92. The maximum atomic E-state index is 9.93. The number of rotatable bonds is 3. The summed E-state index contributed by atoms with van der Waals surface area (Å²) in [6.07, 6.45) is 0.578. The molecule has 1 aromatic heterocycles. The molecule has 0 amide bonds. The van der Waals surface area contributed by atoms with Gasteiger partial charge in [0, 0.05) is 6.42 Å². The van der Waals surface area contributed by atoms with Gasteiger partial charge in [-0.25, -0.2) is 0 Å². The number of nitrogens with zero attached hydrogens (tertiary/aromatic N) is 2. The Balaban J connectivity index is 1.88. The van der Waals surface area contributed by atoms with E-state index in [1.807, 2.05) is 25.1 Å². The fourth-order valence-corrected chi connectivity index (χ4v) is 2.17. The Bertz CT molecular complexity index is 781. The van der Waals surface area contributed by atoms with Crippen LogP contribution in [0, 0.1) is 6.92 Å². The van der Waals surface area contributed by atoms with Gasteiger partial charge in [-0.05, 0) is 24.6 Å². The smallest absolute Gasteiger partial charge is 0.261 e. The molecule has 0 radical (unpaired) electrons. The summed E-state index contributed by atoms with van der Waals surface area (Å²) < 4.78 is 5.21. The topological polar surface area (TPSA) is 85.2 Å². The summed E-state index contributed by atoms with van der Waals surface area (Å²) in [7, 11) is 0. The van der Waals surface area contributed by atoms with Crippen molar-refractivity contribution in [1.82, 2.24) is 10.1 Å². The number of aromatic hydroxyl groups is 1. The van der Waals surface area contributed by atoms with E-state index in [2.05, 4.69) is 16.2 Å². The standard InChI is InChI=1S/C16H15N3O2/c1-10-4-2-5-11(8-10)9-14-18-16(21-19-14)12-6-3-7-13(17)15(12)20/h2-8,20H,9,17H2,1H3. The molecule has 0 saturated heterocycles. The predicted molar refractivity (Wildman–Crippen MR) is 79.8 cm³/mol. The van der Waals surface area contributed by atoms with Gasteiger partial charge in [-0.15, -0.1) is 0 Å². The Morgan fingerprint density at radius 3 is 2.81 bits per heavy atom. The number of phenolic OH excluding ortho intramolecular Hbond substituents is 1. The molecule has 5 heteroatoms. The van der Waals surface area contributed by atoms with Crippen LogP contribution in [0.2, 0.25) is 0 Å². The van der Waals surface area contributed by atoms with Crippen LogP contribution in [0.15, 0.2) is 47.0 Å². The van der Waals surface area contributed by atoms with Crippen molar-refractivity contribution in [3.8, 4) is 17.2 Å². The number of anilines is 1. The van der Waals surface area contributed by atoms with Crippen LogP contribution in [0.1, 0.15) is 17.0 Å². The number of nitrogens with two attached hydrogens (primary N) is 1. The molecule has 0 unspecified atom stereocenters. The van der Waals surface area contributed by atoms with Crippen LogP contribution in [0.25, 0.3) is 11.5 Å². The molecule has 3 rings (SSSR count). The maximum Gasteiger partial charge on any atom is 0.261 e. The average molecular weight is 281 g/mol. The van der Waals surface area contributed by atoms with Crippen molar-refractivity contribution in [1.29, 1.82) is 0 Å². The minimum atomic E-state index is -0.0387. The van der Waals surface area contributed by atoms with E-state index in [0.29, 0.717) is 17.8 Å². The highest BCUT2D eigenvalue weighted by Crippen LogP contribution is 2.32. The number of aromatic nitrogens is 2. The van der Waals surface area contributed by atoms with E-state index in [4.69, 9.17) is 10.3 Å². The fourth-order valence-electron chi connectivity index (χ4n) is 2.17. The van der Waals surface area contributed by atoms with Crippen LogP contribution >= 0.6 is 0 Å². The molecule has 0 saturated carbocycles. The number of para-hydroxylation sites is 1. The van der Waals surface area contributed by atoms with Crippen LogP contribution < -0.4 is 5.73 Å². The first-order chi connectivity index (χ1) is 10.1. The van der Waals surface area contributed by atoms with Crippen molar-refractivity contribution in [2.75, 3.05) is 5.73 Å². The Morgan fingerprint density at radius 1 is 1.19 bits per heavy atom. The third-order valence-electron chi connectivity index (χ3n) is 3.21. The second-order valence-electron chi connectivity index (χ2n) is 4.92. The van der Waals surface area contributed by atoms with Gasteiger partial charge in [0.2, 0.25) is 0 Å². The van der Waals surface area contributed by atoms with Gasteiger partial charge in [0.15, 0.2) is 11.6 Å². The highest BCUT2D eigenvalue weighted by molar-refractivity contribution is 5.71. The third kappa shape index (κ3) is 2.72. The molecule has 0 aliphatic rings. The average Bonchev–Trinajstić information content (AvgIpc) is 2.90. The van der Waals surface area contributed by atoms with Crippen molar-refractivity contribution in [3.05, 3.63) is 59.4 Å². The Morgan fingerprint density at radius 2 is 2.00 bits per heavy atom. The molecule has 2 aromatic carbocycles. The molecule has 3 N–H and O–H groups in total. The molecule has 5 nitrogen and oxygen atoms in total. The van der Waals surface area contributed by atoms with E-state index in [0.717, 1.165) is 5.56 Å². The molecule has 0 spiro atoms. The lowest BCUT2D eigenvalue weighted by atomic mass is 10.1. The Hall–Kier alpha value is -2.82. The van der Waals surface area contributed by atoms with Crippen molar-refractivity contribution < 1.29 is 9.63 Å². The first kappa shape index (κ1) is 13.2. The van der Waals surface area contributed by atoms with Crippen molar-refractivity contribution in [2.45, 2.75) is 13.3 Å². The second-order valence-corrected chi connectivity index (χ2v) is 4.92. The highest BCUT2D eigenvalue weighted by atomic mass is 16.5. The SMILES string of the molecule is Cc1cccc(Cc2noc(-c3cccc(N)c3O)n2)c1. The van der Waals surface area contributed by atoms with E-state index < -0.39 is 0 Å². The van der Waals surface area contributed by atoms with Gasteiger partial charge < -0.3 is 15.4 Å². The van der Waals surface area contributed by atoms with E-state index in [-0.39, 0.29) is 17.3 Å². The maximum absolute atomic E-state index is 9.93. The van der Waals surface area contributed by atoms with Gasteiger partial charge in [0.1, 0.15) is 0 Å². The molecule has 1 heterocycles. The van der Waals surface area contributed by atoms with E-state index in [1.165, 1.54) is 5.56 Å². The van der Waals surface area contributed by atoms with Gasteiger partial charge in [-0.3, -0.25) is 0 Å². The summed E-state index contributed by atoms with van der Waals surface area (Å²) in [6, 6.07) is 13.2. The van der Waals surface area contributed by atoms with E-state index >= 15 is 0 Å². The zero-order valence-corrected chi connectivity index (χ0v) is 11.6. The van der Waals surface area contributed by atoms with Crippen LogP contribution in [-0.2, 0) is 6.42 Å². The minimum absolute atomic E-state index is 0.0387. The number of phenols is 1. The monoisotopic (exact) mass is 281 g/mol. The highest BCUT2D eigenvalue weighted by Gasteiger charge is 2.14. The molecule has 0 bridgehead atoms. The summed E-state index contributed by atoms with van der Waals surface area (Å²) in [5, 5.41) is 13.9. The lowest BCUT2D eigenvalue weighted by molar-refractivity contribution is 0.419. The lowest BCUT2D eigenvalue weighted by Gasteiger charge is -2.01. The number of nitrogen functional groups attached to an aromatic ring is 1. The van der Waals surface area contributed by atoms with Gasteiger partial charge in [-0.2, -0.15) is 4.98 Å². The first-order valence-electron chi connectivity index (χ1n) is 6.59. The molecule has 3 aromatic rings. The van der Waals surface area contributed by atoms with Crippen LogP contribution in [0.4, 0.5) is 5.69 Å². The zero-order chi connectivity index (χ0) is 14.8. The van der Waals surface area contributed by atoms with E-state index in [9.17, 15) is 5.11 Å². The molecule has 106 valence electrons. The molecule has 0 fully saturated rings. The fraction of sp³-hybridized carbons (Fsp3) is 0.125. The van der Waals surface area contributed by atoms with Gasteiger partial charge in [-0.1, -0.05) is 41.1 Å². The van der Waals surface area contributed by atoms with Crippen LogP contribution in [0.3, 0.4) is 0 Å². The summed E-state index contributed by atoms with van der Waals surface area (Å²) in [5.41, 5.74) is 8.69. The summed E-state index contributed by atoms with van der Waals surface area (Å²) in [5.74, 6) is 0.795.